The molecule has 0 N–H and O–H groups in total. The molecular weight excluding hydrogens is 272 g/mol. The Bertz CT molecular complexity index is 557. The Labute approximate surface area is 122 Å². The van der Waals surface area contributed by atoms with Crippen LogP contribution in [0.4, 0.5) is 5.69 Å². The van der Waals surface area contributed by atoms with Crippen LogP contribution in [0.25, 0.3) is 0 Å². The van der Waals surface area contributed by atoms with Gasteiger partial charge in [-0.05, 0) is 18.6 Å². The molecular formula is C15H16N2O2S. The Kier molecular flexibility index (Phi) is 3.97. The molecule has 1 aromatic heterocycles. The second-order valence-electron chi connectivity index (χ2n) is 4.91. The molecule has 1 aliphatic rings. The normalized spacial score (nSPS) is 18.2. The number of carbonyl (C=O) groups is 1. The molecule has 0 unspecified atom stereocenters. The van der Waals surface area contributed by atoms with E-state index in [0.717, 1.165) is 19.5 Å². The summed E-state index contributed by atoms with van der Waals surface area (Å²) < 4.78 is 5.33. The highest BCUT2D eigenvalue weighted by molar-refractivity contribution is 7.07. The number of anilines is 1. The van der Waals surface area contributed by atoms with Crippen LogP contribution in [0.1, 0.15) is 16.9 Å². The number of nitrogens with zero attached hydrogens (tertiary/aromatic N) is 2. The van der Waals surface area contributed by atoms with E-state index in [2.05, 4.69) is 22.0 Å². The van der Waals surface area contributed by atoms with Crippen LogP contribution in [0, 0.1) is 5.92 Å². The van der Waals surface area contributed by atoms with E-state index in [1.54, 1.807) is 10.9 Å². The third-order valence-electron chi connectivity index (χ3n) is 3.50. The maximum absolute atomic E-state index is 11.7. The fraction of sp³-hybridized carbons (Fsp3) is 0.333. The molecule has 3 rings (SSSR count). The number of rotatable bonds is 4. The van der Waals surface area contributed by atoms with Crippen LogP contribution < -0.4 is 4.90 Å². The molecule has 0 aliphatic carbocycles. The Hall–Kier alpha value is -1.88. The summed E-state index contributed by atoms with van der Waals surface area (Å²) in [5.41, 5.74) is 3.29. The largest absolute Gasteiger partial charge is 0.461 e. The van der Waals surface area contributed by atoms with E-state index >= 15 is 0 Å². The maximum Gasteiger partial charge on any atom is 0.357 e. The topological polar surface area (TPSA) is 42.4 Å². The number of para-hydroxylation sites is 1. The molecule has 2 aromatic rings. The average molecular weight is 288 g/mol. The number of carbonyl (C=O) groups excluding carboxylic acids is 1. The molecule has 0 bridgehead atoms. The van der Waals surface area contributed by atoms with Gasteiger partial charge in [-0.3, -0.25) is 0 Å². The van der Waals surface area contributed by atoms with Gasteiger partial charge < -0.3 is 9.64 Å². The number of benzene rings is 1. The van der Waals surface area contributed by atoms with Crippen molar-refractivity contribution in [2.75, 3.05) is 24.6 Å². The molecule has 1 atom stereocenters. The molecule has 0 amide bonds. The predicted octanol–water partition coefficient (Wildman–Crippen LogP) is 2.83. The van der Waals surface area contributed by atoms with Gasteiger partial charge in [0.2, 0.25) is 0 Å². The first-order valence-electron chi connectivity index (χ1n) is 6.68. The average Bonchev–Trinajstić information content (AvgIpc) is 3.17. The van der Waals surface area contributed by atoms with Gasteiger partial charge in [-0.25, -0.2) is 9.78 Å². The van der Waals surface area contributed by atoms with Gasteiger partial charge in [0.1, 0.15) is 0 Å². The SMILES string of the molecule is O=C(OC[C@@H]1CCN(c2ccccc2)C1)c1cscn1. The lowest BCUT2D eigenvalue weighted by Crippen LogP contribution is -2.22. The summed E-state index contributed by atoms with van der Waals surface area (Å²) in [5, 5.41) is 1.72. The fourth-order valence-electron chi connectivity index (χ4n) is 2.42. The van der Waals surface area contributed by atoms with Crippen molar-refractivity contribution in [1.82, 2.24) is 4.98 Å². The molecule has 1 aromatic carbocycles. The maximum atomic E-state index is 11.7. The van der Waals surface area contributed by atoms with E-state index in [0.29, 0.717) is 18.2 Å². The van der Waals surface area contributed by atoms with Crippen molar-refractivity contribution >= 4 is 23.0 Å². The van der Waals surface area contributed by atoms with Gasteiger partial charge in [-0.15, -0.1) is 11.3 Å². The van der Waals surface area contributed by atoms with Gasteiger partial charge in [0, 0.05) is 30.1 Å². The van der Waals surface area contributed by atoms with E-state index in [4.69, 9.17) is 4.74 Å². The van der Waals surface area contributed by atoms with Crippen molar-refractivity contribution in [2.45, 2.75) is 6.42 Å². The summed E-state index contributed by atoms with van der Waals surface area (Å²) in [5.74, 6) is 0.0854. The lowest BCUT2D eigenvalue weighted by atomic mass is 10.1. The zero-order valence-electron chi connectivity index (χ0n) is 11.1. The Balaban J connectivity index is 1.50. The first-order valence-corrected chi connectivity index (χ1v) is 7.62. The minimum atomic E-state index is -0.315. The molecule has 20 heavy (non-hydrogen) atoms. The zero-order valence-corrected chi connectivity index (χ0v) is 11.9. The van der Waals surface area contributed by atoms with Gasteiger partial charge in [-0.1, -0.05) is 18.2 Å². The van der Waals surface area contributed by atoms with Gasteiger partial charge in [0.05, 0.1) is 12.1 Å². The van der Waals surface area contributed by atoms with Gasteiger partial charge >= 0.3 is 5.97 Å². The van der Waals surface area contributed by atoms with Crippen LogP contribution in [-0.2, 0) is 4.74 Å². The summed E-state index contributed by atoms with van der Waals surface area (Å²) in [6.45, 7) is 2.43. The van der Waals surface area contributed by atoms with Crippen LogP contribution >= 0.6 is 11.3 Å². The molecule has 0 spiro atoms. The lowest BCUT2D eigenvalue weighted by Gasteiger charge is -2.18. The van der Waals surface area contributed by atoms with Crippen molar-refractivity contribution in [3.8, 4) is 0 Å². The second-order valence-corrected chi connectivity index (χ2v) is 5.63. The van der Waals surface area contributed by atoms with Crippen molar-refractivity contribution in [3.05, 3.63) is 46.9 Å². The predicted molar refractivity (Wildman–Crippen MR) is 79.2 cm³/mol. The third kappa shape index (κ3) is 2.99. The monoisotopic (exact) mass is 288 g/mol. The molecule has 4 nitrogen and oxygen atoms in total. The Morgan fingerprint density at radius 2 is 2.25 bits per heavy atom. The molecule has 0 saturated carbocycles. The summed E-state index contributed by atoms with van der Waals surface area (Å²) in [4.78, 5) is 18.0. The molecule has 1 aliphatic heterocycles. The van der Waals surface area contributed by atoms with Crippen LogP contribution in [0.3, 0.4) is 0 Å². The van der Waals surface area contributed by atoms with Gasteiger partial charge in [0.15, 0.2) is 5.69 Å². The summed E-state index contributed by atoms with van der Waals surface area (Å²) in [6, 6.07) is 10.3. The Morgan fingerprint density at radius 3 is 3.00 bits per heavy atom. The number of hydrogen-bond acceptors (Lipinski definition) is 5. The fourth-order valence-corrected chi connectivity index (χ4v) is 2.94. The highest BCUT2D eigenvalue weighted by Crippen LogP contribution is 2.23. The van der Waals surface area contributed by atoms with Crippen molar-refractivity contribution in [2.24, 2.45) is 5.92 Å². The van der Waals surface area contributed by atoms with Crippen molar-refractivity contribution in [3.63, 3.8) is 0 Å². The van der Waals surface area contributed by atoms with E-state index in [1.165, 1.54) is 17.0 Å². The second kappa shape index (κ2) is 6.05. The highest BCUT2D eigenvalue weighted by Gasteiger charge is 2.24. The summed E-state index contributed by atoms with van der Waals surface area (Å²) in [7, 11) is 0. The molecule has 5 heteroatoms. The van der Waals surface area contributed by atoms with Crippen LogP contribution in [-0.4, -0.2) is 30.6 Å². The summed E-state index contributed by atoms with van der Waals surface area (Å²) >= 11 is 1.40. The molecule has 2 heterocycles. The van der Waals surface area contributed by atoms with Crippen molar-refractivity contribution < 1.29 is 9.53 Å². The van der Waals surface area contributed by atoms with E-state index in [1.807, 2.05) is 18.2 Å². The first kappa shape index (κ1) is 13.1. The lowest BCUT2D eigenvalue weighted by molar-refractivity contribution is 0.0445. The number of thiazole rings is 1. The van der Waals surface area contributed by atoms with E-state index in [-0.39, 0.29) is 5.97 Å². The summed E-state index contributed by atoms with van der Waals surface area (Å²) in [6.07, 6.45) is 1.05. The van der Waals surface area contributed by atoms with Crippen molar-refractivity contribution in [1.29, 1.82) is 0 Å². The number of ether oxygens (including phenoxy) is 1. The number of aromatic nitrogens is 1. The van der Waals surface area contributed by atoms with Crippen LogP contribution in [0.15, 0.2) is 41.2 Å². The third-order valence-corrected chi connectivity index (χ3v) is 4.09. The minimum Gasteiger partial charge on any atom is -0.461 e. The standard InChI is InChI=1S/C15H16N2O2S/c18-15(14-10-20-11-16-14)19-9-12-6-7-17(8-12)13-4-2-1-3-5-13/h1-5,10-12H,6-9H2/t12-/m1/s1. The zero-order chi connectivity index (χ0) is 13.8. The quantitative estimate of drug-likeness (QED) is 0.811. The highest BCUT2D eigenvalue weighted by atomic mass is 32.1. The number of esters is 1. The smallest absolute Gasteiger partial charge is 0.357 e. The van der Waals surface area contributed by atoms with Crippen LogP contribution in [0.2, 0.25) is 0 Å². The molecule has 104 valence electrons. The number of hydrogen-bond donors (Lipinski definition) is 0. The van der Waals surface area contributed by atoms with E-state index < -0.39 is 0 Å². The first-order chi connectivity index (χ1) is 9.83. The molecule has 1 fully saturated rings. The van der Waals surface area contributed by atoms with Gasteiger partial charge in [-0.2, -0.15) is 0 Å². The van der Waals surface area contributed by atoms with Gasteiger partial charge in [0.25, 0.3) is 0 Å². The van der Waals surface area contributed by atoms with Crippen LogP contribution in [0.5, 0.6) is 0 Å². The van der Waals surface area contributed by atoms with E-state index in [9.17, 15) is 4.79 Å². The molecule has 1 saturated heterocycles. The minimum absolute atomic E-state index is 0.315. The molecule has 0 radical (unpaired) electrons. The Morgan fingerprint density at radius 1 is 1.40 bits per heavy atom.